The summed E-state index contributed by atoms with van der Waals surface area (Å²) < 4.78 is 0. The quantitative estimate of drug-likeness (QED) is 0.478. The average Bonchev–Trinajstić information content (AvgIpc) is 2.73. The van der Waals surface area contributed by atoms with Crippen molar-refractivity contribution in [3.8, 4) is 17.1 Å². The minimum atomic E-state index is -0.0512. The fourth-order valence-corrected chi connectivity index (χ4v) is 3.21. The van der Waals surface area contributed by atoms with Gasteiger partial charge in [-0.1, -0.05) is 54.6 Å². The highest BCUT2D eigenvalue weighted by Gasteiger charge is 2.13. The summed E-state index contributed by atoms with van der Waals surface area (Å²) in [6.07, 6.45) is 0.781. The number of para-hydroxylation sites is 2. The van der Waals surface area contributed by atoms with Crippen molar-refractivity contribution in [2.45, 2.75) is 12.5 Å². The van der Waals surface area contributed by atoms with E-state index in [4.69, 9.17) is 5.73 Å². The first-order valence-electron chi connectivity index (χ1n) is 9.29. The molecule has 5 nitrogen and oxygen atoms in total. The van der Waals surface area contributed by atoms with Gasteiger partial charge in [0.2, 0.25) is 0 Å². The number of phenols is 1. The molecule has 1 atom stereocenters. The van der Waals surface area contributed by atoms with Gasteiger partial charge in [0, 0.05) is 18.0 Å². The largest absolute Gasteiger partial charge is 0.507 e. The first kappa shape index (κ1) is 17.9. The molecule has 0 saturated carbocycles. The molecule has 0 amide bonds. The molecule has 1 unspecified atom stereocenters. The highest BCUT2D eigenvalue weighted by molar-refractivity contribution is 5.90. The van der Waals surface area contributed by atoms with E-state index in [-0.39, 0.29) is 11.8 Å². The summed E-state index contributed by atoms with van der Waals surface area (Å²) in [6, 6.07) is 25.1. The number of aromatic hydroxyl groups is 1. The maximum atomic E-state index is 10.2. The van der Waals surface area contributed by atoms with Crippen LogP contribution in [0.4, 0.5) is 5.82 Å². The van der Waals surface area contributed by atoms with Gasteiger partial charge in [0.05, 0.1) is 11.1 Å². The molecule has 3 aromatic carbocycles. The van der Waals surface area contributed by atoms with E-state index in [0.717, 1.165) is 17.3 Å². The Morgan fingerprint density at radius 1 is 0.857 bits per heavy atom. The molecule has 5 heteroatoms. The number of phenolic OH excluding ortho intramolecular Hbond substituents is 1. The molecule has 0 fully saturated rings. The molecule has 4 aromatic rings. The maximum Gasteiger partial charge on any atom is 0.165 e. The fourth-order valence-electron chi connectivity index (χ4n) is 3.21. The molecule has 28 heavy (non-hydrogen) atoms. The third-order valence-corrected chi connectivity index (χ3v) is 4.62. The number of hydrogen-bond acceptors (Lipinski definition) is 5. The van der Waals surface area contributed by atoms with E-state index in [0.29, 0.717) is 23.8 Å². The molecular formula is C23H22N4O. The van der Waals surface area contributed by atoms with Crippen molar-refractivity contribution in [1.29, 1.82) is 0 Å². The molecule has 0 bridgehead atoms. The number of fused-ring (bicyclic) bond motifs is 1. The Labute approximate surface area is 163 Å². The van der Waals surface area contributed by atoms with Gasteiger partial charge >= 0.3 is 0 Å². The summed E-state index contributed by atoms with van der Waals surface area (Å²) in [5.74, 6) is 1.35. The number of nitrogens with zero attached hydrogens (tertiary/aromatic N) is 2. The molecular weight excluding hydrogens is 348 g/mol. The molecule has 0 radical (unpaired) electrons. The van der Waals surface area contributed by atoms with Crippen LogP contribution in [0.1, 0.15) is 5.56 Å². The van der Waals surface area contributed by atoms with Crippen molar-refractivity contribution in [1.82, 2.24) is 9.97 Å². The molecule has 0 aliphatic carbocycles. The van der Waals surface area contributed by atoms with Crippen LogP contribution in [0.25, 0.3) is 22.3 Å². The summed E-state index contributed by atoms with van der Waals surface area (Å²) in [5.41, 5.74) is 8.95. The van der Waals surface area contributed by atoms with E-state index in [1.165, 1.54) is 5.56 Å². The topological polar surface area (TPSA) is 84.1 Å². The minimum absolute atomic E-state index is 0.0512. The maximum absolute atomic E-state index is 10.2. The third-order valence-electron chi connectivity index (χ3n) is 4.62. The predicted octanol–water partition coefficient (Wildman–Crippen LogP) is 3.98. The van der Waals surface area contributed by atoms with Crippen molar-refractivity contribution >= 4 is 16.7 Å². The van der Waals surface area contributed by atoms with Gasteiger partial charge in [-0.2, -0.15) is 0 Å². The zero-order chi connectivity index (χ0) is 19.3. The monoisotopic (exact) mass is 370 g/mol. The molecule has 4 N–H and O–H groups in total. The Kier molecular flexibility index (Phi) is 5.17. The number of anilines is 1. The number of nitrogens with two attached hydrogens (primary N) is 1. The van der Waals surface area contributed by atoms with Crippen LogP contribution in [0, 0.1) is 0 Å². The second-order valence-electron chi connectivity index (χ2n) is 6.76. The molecule has 0 saturated heterocycles. The molecule has 0 spiro atoms. The second-order valence-corrected chi connectivity index (χ2v) is 6.76. The van der Waals surface area contributed by atoms with Crippen LogP contribution in [0.3, 0.4) is 0 Å². The highest BCUT2D eigenvalue weighted by Crippen LogP contribution is 2.29. The van der Waals surface area contributed by atoms with Gasteiger partial charge in [-0.3, -0.25) is 0 Å². The molecule has 1 aromatic heterocycles. The van der Waals surface area contributed by atoms with Crippen LogP contribution >= 0.6 is 0 Å². The molecule has 4 rings (SSSR count). The summed E-state index contributed by atoms with van der Waals surface area (Å²) in [6.45, 7) is 0.579. The molecule has 1 heterocycles. The van der Waals surface area contributed by atoms with Crippen molar-refractivity contribution in [3.05, 3.63) is 84.4 Å². The van der Waals surface area contributed by atoms with E-state index < -0.39 is 0 Å². The Hall–Kier alpha value is -3.44. The Morgan fingerprint density at radius 3 is 2.39 bits per heavy atom. The van der Waals surface area contributed by atoms with Crippen molar-refractivity contribution in [2.75, 3.05) is 11.9 Å². The van der Waals surface area contributed by atoms with Gasteiger partial charge in [-0.25, -0.2) is 9.97 Å². The lowest BCUT2D eigenvalue weighted by atomic mass is 10.1. The van der Waals surface area contributed by atoms with Gasteiger partial charge in [0.15, 0.2) is 5.82 Å². The van der Waals surface area contributed by atoms with Crippen LogP contribution in [-0.4, -0.2) is 27.7 Å². The smallest absolute Gasteiger partial charge is 0.165 e. The Morgan fingerprint density at radius 2 is 1.57 bits per heavy atom. The zero-order valence-corrected chi connectivity index (χ0v) is 15.4. The van der Waals surface area contributed by atoms with E-state index in [2.05, 4.69) is 27.4 Å². The third kappa shape index (κ3) is 3.94. The highest BCUT2D eigenvalue weighted by atomic mass is 16.3. The number of aromatic nitrogens is 2. The lowest BCUT2D eigenvalue weighted by Gasteiger charge is -2.15. The first-order valence-corrected chi connectivity index (χ1v) is 9.29. The standard InChI is InChI=1S/C23H22N4O/c24-17(14-16-8-2-1-3-9-16)15-25-22-18-10-4-6-12-20(18)26-23(27-22)19-11-5-7-13-21(19)28/h1-13,17,28H,14-15,24H2,(H,25,26,27). The summed E-state index contributed by atoms with van der Waals surface area (Å²) in [5, 5.41) is 14.5. The normalized spacial score (nSPS) is 12.0. The van der Waals surface area contributed by atoms with Gasteiger partial charge in [0.1, 0.15) is 11.6 Å². The van der Waals surface area contributed by atoms with E-state index >= 15 is 0 Å². The number of nitrogens with one attached hydrogen (secondary N) is 1. The van der Waals surface area contributed by atoms with Crippen molar-refractivity contribution in [3.63, 3.8) is 0 Å². The number of hydrogen-bond donors (Lipinski definition) is 3. The lowest BCUT2D eigenvalue weighted by Crippen LogP contribution is -2.31. The van der Waals surface area contributed by atoms with Crippen LogP contribution in [-0.2, 0) is 6.42 Å². The van der Waals surface area contributed by atoms with Gasteiger partial charge < -0.3 is 16.2 Å². The number of rotatable bonds is 6. The Balaban J connectivity index is 1.61. The molecule has 0 aliphatic heterocycles. The zero-order valence-electron chi connectivity index (χ0n) is 15.4. The van der Waals surface area contributed by atoms with Crippen LogP contribution in [0.5, 0.6) is 5.75 Å². The average molecular weight is 370 g/mol. The summed E-state index contributed by atoms with van der Waals surface area (Å²) in [4.78, 5) is 9.29. The van der Waals surface area contributed by atoms with E-state index in [9.17, 15) is 5.11 Å². The lowest BCUT2D eigenvalue weighted by molar-refractivity contribution is 0.477. The number of benzene rings is 3. The summed E-state index contributed by atoms with van der Waals surface area (Å²) >= 11 is 0. The summed E-state index contributed by atoms with van der Waals surface area (Å²) in [7, 11) is 0. The van der Waals surface area contributed by atoms with E-state index in [1.807, 2.05) is 54.6 Å². The molecule has 140 valence electrons. The van der Waals surface area contributed by atoms with Gasteiger partial charge in [-0.15, -0.1) is 0 Å². The second kappa shape index (κ2) is 8.06. The minimum Gasteiger partial charge on any atom is -0.507 e. The van der Waals surface area contributed by atoms with Crippen molar-refractivity contribution < 1.29 is 5.11 Å². The van der Waals surface area contributed by atoms with Crippen LogP contribution < -0.4 is 11.1 Å². The fraction of sp³-hybridized carbons (Fsp3) is 0.130. The van der Waals surface area contributed by atoms with E-state index in [1.54, 1.807) is 12.1 Å². The Bertz CT molecular complexity index is 1080. The van der Waals surface area contributed by atoms with Gasteiger partial charge in [-0.05, 0) is 36.2 Å². The SMILES string of the molecule is NC(CNc1nc(-c2ccccc2O)nc2ccccc12)Cc1ccccc1. The molecule has 0 aliphatic rings. The van der Waals surface area contributed by atoms with Crippen LogP contribution in [0.2, 0.25) is 0 Å². The van der Waals surface area contributed by atoms with Crippen LogP contribution in [0.15, 0.2) is 78.9 Å². The first-order chi connectivity index (χ1) is 13.7. The van der Waals surface area contributed by atoms with Gasteiger partial charge in [0.25, 0.3) is 0 Å². The van der Waals surface area contributed by atoms with Crippen molar-refractivity contribution in [2.24, 2.45) is 5.73 Å². The predicted molar refractivity (Wildman–Crippen MR) is 113 cm³/mol.